The lowest BCUT2D eigenvalue weighted by atomic mass is 9.67. The maximum atomic E-state index is 10.8. The van der Waals surface area contributed by atoms with Crippen LogP contribution in [0.3, 0.4) is 0 Å². The largest absolute Gasteiger partial charge is 0.389 e. The summed E-state index contributed by atoms with van der Waals surface area (Å²) in [6, 6.07) is 8.33. The third-order valence-electron chi connectivity index (χ3n) is 4.62. The van der Waals surface area contributed by atoms with Crippen LogP contribution in [0.5, 0.6) is 0 Å². The molecule has 0 aromatic heterocycles. The summed E-state index contributed by atoms with van der Waals surface area (Å²) in [6.07, 6.45) is 5.38. The van der Waals surface area contributed by atoms with Crippen LogP contribution in [0, 0.1) is 5.92 Å². The molecule has 2 N–H and O–H groups in total. The normalized spacial score (nSPS) is 36.1. The quantitative estimate of drug-likeness (QED) is 0.817. The van der Waals surface area contributed by atoms with Crippen molar-refractivity contribution in [3.05, 3.63) is 34.9 Å². The van der Waals surface area contributed by atoms with Gasteiger partial charge in [-0.3, -0.25) is 0 Å². The van der Waals surface area contributed by atoms with Gasteiger partial charge < -0.3 is 10.4 Å². The summed E-state index contributed by atoms with van der Waals surface area (Å²) in [4.78, 5) is 0. The number of fused-ring (bicyclic) bond motifs is 1. The van der Waals surface area contributed by atoms with E-state index >= 15 is 0 Å². The molecule has 1 aromatic carbocycles. The molecule has 2 aliphatic rings. The molecule has 3 rings (SSSR count). The zero-order valence-corrected chi connectivity index (χ0v) is 11.3. The van der Waals surface area contributed by atoms with E-state index in [2.05, 4.69) is 17.4 Å². The topological polar surface area (TPSA) is 32.3 Å². The minimum atomic E-state index is -0.451. The van der Waals surface area contributed by atoms with E-state index in [9.17, 15) is 5.11 Å². The van der Waals surface area contributed by atoms with Crippen LogP contribution in [-0.4, -0.2) is 17.3 Å². The fraction of sp³-hybridized carbons (Fsp3) is 0.600. The molecule has 0 radical (unpaired) electrons. The SMILES string of the molecule is O[C@@]12CCCC[C@@H]1[C@H](c1ccc(Cl)cc1)NCC2. The molecule has 2 fully saturated rings. The van der Waals surface area contributed by atoms with Crippen LogP contribution in [-0.2, 0) is 0 Å². The molecule has 3 heteroatoms. The lowest BCUT2D eigenvalue weighted by Crippen LogP contribution is -2.53. The van der Waals surface area contributed by atoms with E-state index in [4.69, 9.17) is 11.6 Å². The van der Waals surface area contributed by atoms with Crippen molar-refractivity contribution in [3.63, 3.8) is 0 Å². The summed E-state index contributed by atoms with van der Waals surface area (Å²) < 4.78 is 0. The van der Waals surface area contributed by atoms with Gasteiger partial charge in [-0.05, 0) is 43.5 Å². The second-order valence-electron chi connectivity index (χ2n) is 5.69. The first-order valence-corrected chi connectivity index (χ1v) is 7.28. The van der Waals surface area contributed by atoms with Gasteiger partial charge in [-0.2, -0.15) is 0 Å². The molecule has 1 aliphatic heterocycles. The van der Waals surface area contributed by atoms with Gasteiger partial charge in [0.25, 0.3) is 0 Å². The number of hydrogen-bond donors (Lipinski definition) is 2. The van der Waals surface area contributed by atoms with E-state index < -0.39 is 5.60 Å². The van der Waals surface area contributed by atoms with E-state index in [1.165, 1.54) is 18.4 Å². The molecule has 3 atom stereocenters. The Kier molecular flexibility index (Phi) is 3.35. The molecule has 98 valence electrons. The second kappa shape index (κ2) is 4.84. The van der Waals surface area contributed by atoms with Crippen molar-refractivity contribution in [2.75, 3.05) is 6.54 Å². The number of nitrogens with one attached hydrogen (secondary N) is 1. The van der Waals surface area contributed by atoms with E-state index in [1.54, 1.807) is 0 Å². The second-order valence-corrected chi connectivity index (χ2v) is 6.13. The Bertz CT molecular complexity index is 415. The zero-order chi connectivity index (χ0) is 12.6. The van der Waals surface area contributed by atoms with Crippen LogP contribution >= 0.6 is 11.6 Å². The number of piperidine rings is 1. The smallest absolute Gasteiger partial charge is 0.0706 e. The van der Waals surface area contributed by atoms with Crippen LogP contribution in [0.2, 0.25) is 5.02 Å². The molecule has 1 saturated heterocycles. The Morgan fingerprint density at radius 3 is 2.72 bits per heavy atom. The first-order chi connectivity index (χ1) is 8.69. The van der Waals surface area contributed by atoms with Crippen LogP contribution in [0.1, 0.15) is 43.7 Å². The van der Waals surface area contributed by atoms with Crippen LogP contribution in [0.25, 0.3) is 0 Å². The zero-order valence-electron chi connectivity index (χ0n) is 10.5. The van der Waals surface area contributed by atoms with Gasteiger partial charge >= 0.3 is 0 Å². The van der Waals surface area contributed by atoms with Crippen molar-refractivity contribution in [3.8, 4) is 0 Å². The highest BCUT2D eigenvalue weighted by molar-refractivity contribution is 6.30. The van der Waals surface area contributed by atoms with Crippen molar-refractivity contribution in [1.82, 2.24) is 5.32 Å². The Balaban J connectivity index is 1.88. The molecule has 0 bridgehead atoms. The molecule has 1 aromatic rings. The standard InChI is InChI=1S/C15H20ClNO/c16-12-6-4-11(5-7-12)14-13-3-1-2-8-15(13,18)9-10-17-14/h4-7,13-14,17-18H,1-3,8-10H2/t13-,14+,15-/m1/s1. The third kappa shape index (κ3) is 2.18. The molecule has 1 saturated carbocycles. The van der Waals surface area contributed by atoms with Gasteiger partial charge in [0.2, 0.25) is 0 Å². The fourth-order valence-corrected chi connectivity index (χ4v) is 3.77. The number of benzene rings is 1. The average Bonchev–Trinajstić information content (AvgIpc) is 2.38. The summed E-state index contributed by atoms with van der Waals surface area (Å²) in [7, 11) is 0. The van der Waals surface area contributed by atoms with Gasteiger partial charge in [0, 0.05) is 17.0 Å². The molecule has 0 spiro atoms. The van der Waals surface area contributed by atoms with Crippen molar-refractivity contribution >= 4 is 11.6 Å². The van der Waals surface area contributed by atoms with Gasteiger partial charge in [-0.15, -0.1) is 0 Å². The van der Waals surface area contributed by atoms with Crippen LogP contribution in [0.4, 0.5) is 0 Å². The van der Waals surface area contributed by atoms with Crippen LogP contribution < -0.4 is 5.32 Å². The molecule has 0 amide bonds. The molecule has 1 aliphatic carbocycles. The highest BCUT2D eigenvalue weighted by atomic mass is 35.5. The van der Waals surface area contributed by atoms with Gasteiger partial charge in [0.05, 0.1) is 5.60 Å². The minimum absolute atomic E-state index is 0.279. The highest BCUT2D eigenvalue weighted by Crippen LogP contribution is 2.45. The van der Waals surface area contributed by atoms with E-state index in [0.29, 0.717) is 5.92 Å². The summed E-state index contributed by atoms with van der Waals surface area (Å²) in [5.74, 6) is 0.348. The van der Waals surface area contributed by atoms with Crippen molar-refractivity contribution in [2.45, 2.75) is 43.7 Å². The van der Waals surface area contributed by atoms with Crippen molar-refractivity contribution < 1.29 is 5.11 Å². The number of halogens is 1. The maximum Gasteiger partial charge on any atom is 0.0706 e. The molecule has 2 nitrogen and oxygen atoms in total. The lowest BCUT2D eigenvalue weighted by molar-refractivity contribution is -0.0861. The average molecular weight is 266 g/mol. The Morgan fingerprint density at radius 2 is 1.94 bits per heavy atom. The number of rotatable bonds is 1. The Hall–Kier alpha value is -0.570. The van der Waals surface area contributed by atoms with Gasteiger partial charge in [0.15, 0.2) is 0 Å². The van der Waals surface area contributed by atoms with E-state index in [1.807, 2.05) is 12.1 Å². The summed E-state index contributed by atoms with van der Waals surface area (Å²) in [6.45, 7) is 0.903. The van der Waals surface area contributed by atoms with E-state index in [0.717, 1.165) is 30.8 Å². The summed E-state index contributed by atoms with van der Waals surface area (Å²) in [5.41, 5.74) is 0.804. The van der Waals surface area contributed by atoms with Gasteiger partial charge in [-0.1, -0.05) is 36.6 Å². The predicted molar refractivity (Wildman–Crippen MR) is 73.7 cm³/mol. The summed E-state index contributed by atoms with van der Waals surface area (Å²) >= 11 is 5.95. The van der Waals surface area contributed by atoms with Gasteiger partial charge in [-0.25, -0.2) is 0 Å². The monoisotopic (exact) mass is 265 g/mol. The Morgan fingerprint density at radius 1 is 1.17 bits per heavy atom. The highest BCUT2D eigenvalue weighted by Gasteiger charge is 2.45. The Labute approximate surface area is 113 Å². The first kappa shape index (κ1) is 12.5. The molecule has 1 heterocycles. The fourth-order valence-electron chi connectivity index (χ4n) is 3.64. The molecular weight excluding hydrogens is 246 g/mol. The van der Waals surface area contributed by atoms with Crippen molar-refractivity contribution in [1.29, 1.82) is 0 Å². The minimum Gasteiger partial charge on any atom is -0.389 e. The van der Waals surface area contributed by atoms with Crippen molar-refractivity contribution in [2.24, 2.45) is 5.92 Å². The lowest BCUT2D eigenvalue weighted by Gasteiger charge is -2.48. The maximum absolute atomic E-state index is 10.8. The van der Waals surface area contributed by atoms with Gasteiger partial charge in [0.1, 0.15) is 0 Å². The first-order valence-electron chi connectivity index (χ1n) is 6.90. The third-order valence-corrected chi connectivity index (χ3v) is 4.87. The predicted octanol–water partition coefficient (Wildman–Crippen LogP) is 3.30. The number of hydrogen-bond acceptors (Lipinski definition) is 2. The van der Waals surface area contributed by atoms with Crippen LogP contribution in [0.15, 0.2) is 24.3 Å². The molecular formula is C15H20ClNO. The van der Waals surface area contributed by atoms with E-state index in [-0.39, 0.29) is 6.04 Å². The molecule has 0 unspecified atom stereocenters. The number of aliphatic hydroxyl groups is 1. The molecule has 18 heavy (non-hydrogen) atoms. The summed E-state index contributed by atoms with van der Waals surface area (Å²) in [5, 5.41) is 15.2.